The maximum Gasteiger partial charge on any atom is 0.307 e. The predicted octanol–water partition coefficient (Wildman–Crippen LogP) is 3.96. The summed E-state index contributed by atoms with van der Waals surface area (Å²) >= 11 is 17.4. The van der Waals surface area contributed by atoms with Crippen molar-refractivity contribution in [3.05, 3.63) is 69.7 Å². The van der Waals surface area contributed by atoms with E-state index in [0.29, 0.717) is 10.6 Å². The summed E-state index contributed by atoms with van der Waals surface area (Å²) in [6, 6.07) is 12.5. The molecule has 0 fully saturated rings. The SMILES string of the molecule is O=C(CCC(=O)OC(CCCl)C(=O)c1ccc(Cl)cc1)NNC(=O)c1ccccc1Cl. The van der Waals surface area contributed by atoms with Crippen LogP contribution in [0.5, 0.6) is 0 Å². The van der Waals surface area contributed by atoms with Crippen molar-refractivity contribution in [3.63, 3.8) is 0 Å². The summed E-state index contributed by atoms with van der Waals surface area (Å²) in [6.45, 7) is 0. The van der Waals surface area contributed by atoms with Gasteiger partial charge in [0.2, 0.25) is 11.7 Å². The van der Waals surface area contributed by atoms with Crippen molar-refractivity contribution in [1.29, 1.82) is 0 Å². The molecule has 0 heterocycles. The van der Waals surface area contributed by atoms with Crippen LogP contribution in [0.15, 0.2) is 48.5 Å². The van der Waals surface area contributed by atoms with Crippen LogP contribution >= 0.6 is 34.8 Å². The van der Waals surface area contributed by atoms with E-state index in [-0.39, 0.29) is 35.7 Å². The normalized spacial score (nSPS) is 11.3. The maximum absolute atomic E-state index is 12.5. The number of halogens is 3. The Morgan fingerprint density at radius 1 is 0.903 bits per heavy atom. The number of hydrogen-bond acceptors (Lipinski definition) is 5. The van der Waals surface area contributed by atoms with E-state index in [1.165, 1.54) is 24.3 Å². The van der Waals surface area contributed by atoms with Crippen LogP contribution in [0, 0.1) is 0 Å². The fraction of sp³-hybridized carbons (Fsp3) is 0.238. The molecule has 0 aliphatic rings. The van der Waals surface area contributed by atoms with Gasteiger partial charge in [0.15, 0.2) is 6.10 Å². The number of amides is 2. The summed E-state index contributed by atoms with van der Waals surface area (Å²) < 4.78 is 5.21. The zero-order chi connectivity index (χ0) is 22.8. The van der Waals surface area contributed by atoms with Crippen LogP contribution in [0.3, 0.4) is 0 Å². The van der Waals surface area contributed by atoms with Gasteiger partial charge in [0.1, 0.15) is 0 Å². The molecular weight excluding hydrogens is 467 g/mol. The first-order valence-corrected chi connectivity index (χ1v) is 10.5. The molecule has 0 radical (unpaired) electrons. The molecule has 0 spiro atoms. The van der Waals surface area contributed by atoms with Gasteiger partial charge in [0, 0.05) is 29.3 Å². The molecule has 2 amide bonds. The Morgan fingerprint density at radius 2 is 1.58 bits per heavy atom. The average molecular weight is 486 g/mol. The monoisotopic (exact) mass is 484 g/mol. The molecule has 0 saturated heterocycles. The van der Waals surface area contributed by atoms with E-state index in [0.717, 1.165) is 0 Å². The Balaban J connectivity index is 1.82. The topological polar surface area (TPSA) is 102 Å². The van der Waals surface area contributed by atoms with Crippen molar-refractivity contribution in [3.8, 4) is 0 Å². The van der Waals surface area contributed by atoms with Gasteiger partial charge < -0.3 is 4.74 Å². The van der Waals surface area contributed by atoms with Crippen LogP contribution in [-0.4, -0.2) is 35.6 Å². The van der Waals surface area contributed by atoms with Gasteiger partial charge in [-0.05, 0) is 36.4 Å². The number of Topliss-reactive ketones (excluding diaryl/α,β-unsaturated/α-hetero) is 1. The minimum absolute atomic E-state index is 0.103. The highest BCUT2D eigenvalue weighted by Crippen LogP contribution is 2.16. The Labute approximate surface area is 194 Å². The number of ether oxygens (including phenoxy) is 1. The number of carbonyl (C=O) groups excluding carboxylic acids is 4. The first-order chi connectivity index (χ1) is 14.8. The second-order valence-corrected chi connectivity index (χ2v) is 7.53. The fourth-order valence-corrected chi connectivity index (χ4v) is 3.02. The third-order valence-corrected chi connectivity index (χ3v) is 4.86. The van der Waals surface area contributed by atoms with E-state index in [4.69, 9.17) is 39.5 Å². The van der Waals surface area contributed by atoms with Gasteiger partial charge in [-0.3, -0.25) is 30.0 Å². The second-order valence-electron chi connectivity index (χ2n) is 6.31. The summed E-state index contributed by atoms with van der Waals surface area (Å²) in [6.07, 6.45) is -1.51. The van der Waals surface area contributed by atoms with Gasteiger partial charge in [0.25, 0.3) is 5.91 Å². The zero-order valence-corrected chi connectivity index (χ0v) is 18.5. The third-order valence-electron chi connectivity index (χ3n) is 4.06. The Kier molecular flexibility index (Phi) is 9.78. The number of hydrogen-bond donors (Lipinski definition) is 2. The van der Waals surface area contributed by atoms with E-state index >= 15 is 0 Å². The van der Waals surface area contributed by atoms with Crippen molar-refractivity contribution in [2.75, 3.05) is 5.88 Å². The summed E-state index contributed by atoms with van der Waals surface area (Å²) in [7, 11) is 0. The number of nitrogens with one attached hydrogen (secondary N) is 2. The van der Waals surface area contributed by atoms with E-state index in [1.807, 2.05) is 0 Å². The van der Waals surface area contributed by atoms with E-state index in [1.54, 1.807) is 24.3 Å². The highest BCUT2D eigenvalue weighted by atomic mass is 35.5. The molecule has 2 rings (SSSR count). The molecular formula is C21H19Cl3N2O5. The first-order valence-electron chi connectivity index (χ1n) is 9.20. The average Bonchev–Trinajstić information content (AvgIpc) is 2.76. The number of esters is 1. The molecule has 10 heteroatoms. The van der Waals surface area contributed by atoms with Crippen molar-refractivity contribution in [1.82, 2.24) is 10.9 Å². The van der Waals surface area contributed by atoms with Gasteiger partial charge in [0.05, 0.1) is 17.0 Å². The number of alkyl halides is 1. The molecule has 0 aliphatic heterocycles. The number of benzene rings is 2. The fourth-order valence-electron chi connectivity index (χ4n) is 2.48. The van der Waals surface area contributed by atoms with Gasteiger partial charge in [-0.1, -0.05) is 35.3 Å². The molecule has 1 atom stereocenters. The van der Waals surface area contributed by atoms with E-state index in [9.17, 15) is 19.2 Å². The highest BCUT2D eigenvalue weighted by Gasteiger charge is 2.24. The standard InChI is InChI=1S/C21H19Cl3N2O5/c22-12-11-17(20(29)13-5-7-14(23)8-6-13)31-19(28)10-9-18(27)25-26-21(30)15-3-1-2-4-16(15)24/h1-8,17H,9-12H2,(H,25,27)(H,26,30). The van der Waals surface area contributed by atoms with Gasteiger partial charge in [-0.2, -0.15) is 0 Å². The van der Waals surface area contributed by atoms with Crippen LogP contribution in [0.4, 0.5) is 0 Å². The molecule has 2 N–H and O–H groups in total. The lowest BCUT2D eigenvalue weighted by molar-refractivity contribution is -0.148. The Morgan fingerprint density at radius 3 is 2.23 bits per heavy atom. The lowest BCUT2D eigenvalue weighted by Gasteiger charge is -2.16. The number of carbonyl (C=O) groups is 4. The van der Waals surface area contributed by atoms with Gasteiger partial charge in [-0.15, -0.1) is 11.6 Å². The predicted molar refractivity (Wildman–Crippen MR) is 117 cm³/mol. The van der Waals surface area contributed by atoms with Crippen LogP contribution < -0.4 is 10.9 Å². The third kappa shape index (κ3) is 7.86. The van der Waals surface area contributed by atoms with Crippen LogP contribution in [-0.2, 0) is 14.3 Å². The largest absolute Gasteiger partial charge is 0.454 e. The molecule has 0 aromatic heterocycles. The Hall–Kier alpha value is -2.61. The van der Waals surface area contributed by atoms with E-state index in [2.05, 4.69) is 10.9 Å². The molecule has 2 aromatic carbocycles. The molecule has 7 nitrogen and oxygen atoms in total. The van der Waals surface area contributed by atoms with Crippen molar-refractivity contribution < 1.29 is 23.9 Å². The molecule has 31 heavy (non-hydrogen) atoms. The van der Waals surface area contributed by atoms with Crippen molar-refractivity contribution >= 4 is 58.4 Å². The molecule has 1 unspecified atom stereocenters. The number of ketones is 1. The number of rotatable bonds is 9. The summed E-state index contributed by atoms with van der Waals surface area (Å²) in [5.74, 6) is -2.27. The van der Waals surface area contributed by atoms with Gasteiger partial charge in [-0.25, -0.2) is 0 Å². The molecule has 0 bridgehead atoms. The minimum Gasteiger partial charge on any atom is -0.454 e. The molecule has 0 saturated carbocycles. The van der Waals surface area contributed by atoms with Gasteiger partial charge >= 0.3 is 5.97 Å². The zero-order valence-electron chi connectivity index (χ0n) is 16.2. The summed E-state index contributed by atoms with van der Waals surface area (Å²) in [4.78, 5) is 48.5. The van der Waals surface area contributed by atoms with E-state index < -0.39 is 29.7 Å². The van der Waals surface area contributed by atoms with Crippen LogP contribution in [0.1, 0.15) is 40.0 Å². The van der Waals surface area contributed by atoms with Crippen LogP contribution in [0.25, 0.3) is 0 Å². The summed E-state index contributed by atoms with van der Waals surface area (Å²) in [5, 5.41) is 0.698. The smallest absolute Gasteiger partial charge is 0.307 e. The van der Waals surface area contributed by atoms with Crippen molar-refractivity contribution in [2.45, 2.75) is 25.4 Å². The minimum atomic E-state index is -1.07. The second kappa shape index (κ2) is 12.3. The van der Waals surface area contributed by atoms with Crippen molar-refractivity contribution in [2.24, 2.45) is 0 Å². The molecule has 164 valence electrons. The highest BCUT2D eigenvalue weighted by molar-refractivity contribution is 6.33. The lowest BCUT2D eigenvalue weighted by Crippen LogP contribution is -2.41. The molecule has 0 aliphatic carbocycles. The number of hydrazine groups is 1. The Bertz CT molecular complexity index is 950. The van der Waals surface area contributed by atoms with Crippen LogP contribution in [0.2, 0.25) is 10.0 Å². The lowest BCUT2D eigenvalue weighted by atomic mass is 10.0. The summed E-state index contributed by atoms with van der Waals surface area (Å²) in [5.41, 5.74) is 4.92. The first kappa shape index (κ1) is 24.7. The quantitative estimate of drug-likeness (QED) is 0.242. The maximum atomic E-state index is 12.5. The molecule has 2 aromatic rings.